The summed E-state index contributed by atoms with van der Waals surface area (Å²) in [6.45, 7) is 0.0122. The number of aliphatic hydroxyl groups excluding tert-OH is 1. The Hall–Kier alpha value is -2.08. The molecule has 2 atom stereocenters. The minimum absolute atomic E-state index is 0.0250. The number of nitrogens with zero attached hydrogens (tertiary/aromatic N) is 1. The monoisotopic (exact) mass is 264 g/mol. The second kappa shape index (κ2) is 5.71. The minimum atomic E-state index is -1.38. The Labute approximate surface area is 110 Å². The first-order valence-electron chi connectivity index (χ1n) is 5.94. The van der Waals surface area contributed by atoms with Gasteiger partial charge < -0.3 is 19.7 Å². The van der Waals surface area contributed by atoms with E-state index in [1.807, 2.05) is 18.2 Å². The number of hydrogen-bond donors (Lipinski definition) is 1. The summed E-state index contributed by atoms with van der Waals surface area (Å²) in [5, 5.41) is 20.3. The van der Waals surface area contributed by atoms with Crippen molar-refractivity contribution in [3.63, 3.8) is 0 Å². The van der Waals surface area contributed by atoms with Crippen molar-refractivity contribution in [1.29, 1.82) is 0 Å². The first-order valence-corrected chi connectivity index (χ1v) is 5.94. The third-order valence-corrected chi connectivity index (χ3v) is 2.99. The van der Waals surface area contributed by atoms with Gasteiger partial charge in [0.1, 0.15) is 6.61 Å². The molecule has 1 aromatic carbocycles. The molecular weight excluding hydrogens is 250 g/mol. The number of hydrogen-bond acceptors (Lipinski definition) is 5. The molecule has 1 fully saturated rings. The van der Waals surface area contributed by atoms with Crippen LogP contribution in [-0.2, 0) is 16.1 Å². The van der Waals surface area contributed by atoms with Crippen molar-refractivity contribution in [3.8, 4) is 0 Å². The van der Waals surface area contributed by atoms with Crippen LogP contribution in [0.2, 0.25) is 0 Å². The summed E-state index contributed by atoms with van der Waals surface area (Å²) in [6.07, 6.45) is -1.63. The van der Waals surface area contributed by atoms with Gasteiger partial charge >= 0.3 is 6.09 Å². The molecule has 102 valence electrons. The summed E-state index contributed by atoms with van der Waals surface area (Å²) in [5.41, 5.74) is 0.806. The van der Waals surface area contributed by atoms with E-state index in [2.05, 4.69) is 0 Å². The Morgan fingerprint density at radius 3 is 2.68 bits per heavy atom. The first kappa shape index (κ1) is 13.4. The summed E-state index contributed by atoms with van der Waals surface area (Å²) in [6, 6.07) is 7.93. The largest absolute Gasteiger partial charge is 0.548 e. The van der Waals surface area contributed by atoms with E-state index in [1.54, 1.807) is 12.1 Å². The highest BCUT2D eigenvalue weighted by atomic mass is 16.6. The molecule has 1 aromatic rings. The smallest absolute Gasteiger partial charge is 0.410 e. The van der Waals surface area contributed by atoms with Crippen LogP contribution in [0, 0.1) is 0 Å². The quantitative estimate of drug-likeness (QED) is 0.795. The van der Waals surface area contributed by atoms with Crippen LogP contribution in [0.5, 0.6) is 0 Å². The first-order chi connectivity index (χ1) is 9.08. The molecule has 0 unspecified atom stereocenters. The number of rotatable bonds is 3. The number of β-amino-alcohol motifs (C(OH)–C–C–N with tert-alkyl or cyclic N) is 1. The van der Waals surface area contributed by atoms with Crippen molar-refractivity contribution < 1.29 is 24.5 Å². The van der Waals surface area contributed by atoms with Gasteiger partial charge in [0.15, 0.2) is 0 Å². The van der Waals surface area contributed by atoms with Crippen molar-refractivity contribution in [3.05, 3.63) is 35.9 Å². The Morgan fingerprint density at radius 1 is 1.37 bits per heavy atom. The number of carboxylic acid groups (broad SMARTS) is 1. The average molecular weight is 264 g/mol. The molecule has 1 saturated heterocycles. The average Bonchev–Trinajstić information content (AvgIpc) is 2.79. The van der Waals surface area contributed by atoms with Gasteiger partial charge in [-0.25, -0.2) is 4.79 Å². The van der Waals surface area contributed by atoms with Gasteiger partial charge in [-0.05, 0) is 5.56 Å². The highest BCUT2D eigenvalue weighted by molar-refractivity contribution is 5.79. The van der Waals surface area contributed by atoms with Crippen LogP contribution in [0.25, 0.3) is 0 Å². The maximum atomic E-state index is 11.8. The van der Waals surface area contributed by atoms with E-state index < -0.39 is 24.2 Å². The van der Waals surface area contributed by atoms with Crippen molar-refractivity contribution in [2.75, 3.05) is 6.54 Å². The molecule has 0 aliphatic carbocycles. The second-order valence-electron chi connectivity index (χ2n) is 4.42. The van der Waals surface area contributed by atoms with Gasteiger partial charge in [0.2, 0.25) is 0 Å². The van der Waals surface area contributed by atoms with Crippen molar-refractivity contribution >= 4 is 12.1 Å². The van der Waals surface area contributed by atoms with Gasteiger partial charge in [0.25, 0.3) is 0 Å². The lowest BCUT2D eigenvalue weighted by Crippen LogP contribution is -2.47. The van der Waals surface area contributed by atoms with Crippen LogP contribution >= 0.6 is 0 Å². The van der Waals surface area contributed by atoms with Crippen LogP contribution in [0.15, 0.2) is 30.3 Å². The van der Waals surface area contributed by atoms with Gasteiger partial charge in [-0.2, -0.15) is 0 Å². The molecule has 1 aliphatic rings. The molecule has 0 radical (unpaired) electrons. The summed E-state index contributed by atoms with van der Waals surface area (Å²) in [4.78, 5) is 23.6. The molecule has 1 heterocycles. The summed E-state index contributed by atoms with van der Waals surface area (Å²) in [7, 11) is 0. The number of aliphatic carboxylic acids is 1. The van der Waals surface area contributed by atoms with E-state index in [0.29, 0.717) is 0 Å². The fourth-order valence-corrected chi connectivity index (χ4v) is 2.04. The number of benzene rings is 1. The van der Waals surface area contributed by atoms with E-state index in [0.717, 1.165) is 10.5 Å². The number of amides is 1. The number of ether oxygens (including phenoxy) is 1. The zero-order valence-electron chi connectivity index (χ0n) is 10.2. The van der Waals surface area contributed by atoms with Gasteiger partial charge in [-0.1, -0.05) is 30.3 Å². The summed E-state index contributed by atoms with van der Waals surface area (Å²) < 4.78 is 5.03. The van der Waals surface area contributed by atoms with Gasteiger partial charge in [0.05, 0.1) is 24.7 Å². The molecule has 0 saturated carbocycles. The molecule has 0 aromatic heterocycles. The fourth-order valence-electron chi connectivity index (χ4n) is 2.04. The van der Waals surface area contributed by atoms with Crippen LogP contribution in [-0.4, -0.2) is 40.8 Å². The lowest BCUT2D eigenvalue weighted by molar-refractivity contribution is -0.310. The van der Waals surface area contributed by atoms with Gasteiger partial charge in [-0.15, -0.1) is 0 Å². The Morgan fingerprint density at radius 2 is 2.05 bits per heavy atom. The second-order valence-corrected chi connectivity index (χ2v) is 4.42. The van der Waals surface area contributed by atoms with Crippen molar-refractivity contribution in [2.45, 2.75) is 25.2 Å². The third-order valence-electron chi connectivity index (χ3n) is 2.99. The lowest BCUT2D eigenvalue weighted by Gasteiger charge is -2.24. The number of likely N-dealkylation sites (tertiary alicyclic amines) is 1. The van der Waals surface area contributed by atoms with Crippen LogP contribution in [0.3, 0.4) is 0 Å². The molecule has 1 aliphatic heterocycles. The molecule has 1 N–H and O–H groups in total. The summed E-state index contributed by atoms with van der Waals surface area (Å²) in [5.74, 6) is -1.38. The van der Waals surface area contributed by atoms with E-state index in [-0.39, 0.29) is 19.6 Å². The molecular formula is C13H14NO5-. The highest BCUT2D eigenvalue weighted by Gasteiger charge is 2.36. The van der Waals surface area contributed by atoms with E-state index in [9.17, 15) is 19.8 Å². The van der Waals surface area contributed by atoms with Gasteiger partial charge in [0, 0.05) is 6.42 Å². The number of carbonyl (C=O) groups excluding carboxylic acids is 2. The third kappa shape index (κ3) is 3.23. The minimum Gasteiger partial charge on any atom is -0.548 e. The predicted octanol–water partition coefficient (Wildman–Crippen LogP) is -0.492. The number of aliphatic hydroxyl groups is 1. The highest BCUT2D eigenvalue weighted by Crippen LogP contribution is 2.19. The summed E-state index contributed by atoms with van der Waals surface area (Å²) >= 11 is 0. The maximum absolute atomic E-state index is 11.8. The standard InChI is InChI=1S/C13H15NO5/c15-10-6-11(12(16)17)14(7-10)13(18)19-8-9-4-2-1-3-5-9/h1-5,10-11,15H,6-8H2,(H,16,17)/p-1/t10-,11+/m0/s1. The van der Waals surface area contributed by atoms with Gasteiger partial charge in [-0.3, -0.25) is 4.90 Å². The molecule has 0 spiro atoms. The molecule has 19 heavy (non-hydrogen) atoms. The van der Waals surface area contributed by atoms with E-state index in [4.69, 9.17) is 4.74 Å². The van der Waals surface area contributed by atoms with Crippen LogP contribution in [0.4, 0.5) is 4.79 Å². The Kier molecular flexibility index (Phi) is 4.01. The SMILES string of the molecule is O=C([O-])[C@H]1C[C@H](O)CN1C(=O)OCc1ccccc1. The molecule has 2 rings (SSSR count). The Balaban J connectivity index is 1.94. The molecule has 6 heteroatoms. The number of carbonyl (C=O) groups is 2. The fraction of sp³-hybridized carbons (Fsp3) is 0.385. The van der Waals surface area contributed by atoms with Crippen molar-refractivity contribution in [2.24, 2.45) is 0 Å². The van der Waals surface area contributed by atoms with Crippen LogP contribution in [0.1, 0.15) is 12.0 Å². The van der Waals surface area contributed by atoms with E-state index >= 15 is 0 Å². The predicted molar refractivity (Wildman–Crippen MR) is 62.8 cm³/mol. The molecule has 6 nitrogen and oxygen atoms in total. The maximum Gasteiger partial charge on any atom is 0.410 e. The zero-order chi connectivity index (χ0) is 13.8. The van der Waals surface area contributed by atoms with E-state index in [1.165, 1.54) is 0 Å². The lowest BCUT2D eigenvalue weighted by atomic mass is 10.2. The molecule has 1 amide bonds. The normalized spacial score (nSPS) is 22.3. The van der Waals surface area contributed by atoms with Crippen LogP contribution < -0.4 is 5.11 Å². The zero-order valence-corrected chi connectivity index (χ0v) is 10.2. The van der Waals surface area contributed by atoms with Crippen molar-refractivity contribution in [1.82, 2.24) is 4.90 Å². The molecule has 0 bridgehead atoms. The Bertz CT molecular complexity index is 461. The topological polar surface area (TPSA) is 89.9 Å². The number of carboxylic acids is 1.